The average Bonchev–Trinajstić information content (AvgIpc) is 2.74. The lowest BCUT2D eigenvalue weighted by atomic mass is 10.2. The molecule has 2 aromatic rings. The van der Waals surface area contributed by atoms with Crippen molar-refractivity contribution in [3.05, 3.63) is 65.7 Å². The third-order valence-electron chi connectivity index (χ3n) is 4.10. The van der Waals surface area contributed by atoms with Gasteiger partial charge in [-0.1, -0.05) is 12.1 Å². The summed E-state index contributed by atoms with van der Waals surface area (Å²) in [5.41, 5.74) is 1.14. The number of morpholine rings is 1. The van der Waals surface area contributed by atoms with Crippen LogP contribution in [0.15, 0.2) is 59.5 Å². The number of nitriles is 1. The first-order valence-electron chi connectivity index (χ1n) is 8.57. The Morgan fingerprint density at radius 2 is 1.71 bits per heavy atom. The monoisotopic (exact) mass is 398 g/mol. The van der Waals surface area contributed by atoms with E-state index in [1.54, 1.807) is 24.3 Å². The average molecular weight is 398 g/mol. The molecular weight excluding hydrogens is 380 g/mol. The first kappa shape index (κ1) is 19.8. The van der Waals surface area contributed by atoms with E-state index < -0.39 is 16.0 Å². The summed E-state index contributed by atoms with van der Waals surface area (Å²) >= 11 is 0. The van der Waals surface area contributed by atoms with Crippen molar-refractivity contribution in [1.82, 2.24) is 4.31 Å². The van der Waals surface area contributed by atoms with Gasteiger partial charge in [0.25, 0.3) is 0 Å². The Kier molecular flexibility index (Phi) is 6.21. The van der Waals surface area contributed by atoms with Crippen molar-refractivity contribution in [2.24, 2.45) is 0 Å². The first-order chi connectivity index (χ1) is 13.5. The van der Waals surface area contributed by atoms with Gasteiger partial charge in [-0.2, -0.15) is 9.57 Å². The molecule has 8 heteroatoms. The van der Waals surface area contributed by atoms with Crippen LogP contribution in [0.4, 0.5) is 0 Å². The molecule has 1 heterocycles. The summed E-state index contributed by atoms with van der Waals surface area (Å²) in [5.74, 6) is -0.240. The number of rotatable bonds is 5. The highest BCUT2D eigenvalue weighted by atomic mass is 32.2. The topological polar surface area (TPSA) is 96.7 Å². The van der Waals surface area contributed by atoms with Crippen LogP contribution < -0.4 is 4.74 Å². The van der Waals surface area contributed by atoms with Crippen molar-refractivity contribution in [3.63, 3.8) is 0 Å². The van der Waals surface area contributed by atoms with Gasteiger partial charge in [0.2, 0.25) is 10.0 Å². The largest absolute Gasteiger partial charge is 0.423 e. The molecule has 1 aliphatic rings. The zero-order valence-electron chi connectivity index (χ0n) is 14.9. The highest BCUT2D eigenvalue weighted by molar-refractivity contribution is 7.89. The molecule has 1 aliphatic heterocycles. The Morgan fingerprint density at radius 3 is 2.32 bits per heavy atom. The maximum absolute atomic E-state index is 12.6. The smallest absolute Gasteiger partial charge is 0.336 e. The van der Waals surface area contributed by atoms with E-state index in [0.29, 0.717) is 43.2 Å². The SMILES string of the molecule is N#Cc1ccc(OC(=O)/C=C/c2ccc(S(=O)(=O)N3CCOCC3)cc2)cc1. The highest BCUT2D eigenvalue weighted by Gasteiger charge is 2.25. The number of sulfonamides is 1. The predicted octanol–water partition coefficient (Wildman–Crippen LogP) is 2.20. The molecule has 0 amide bonds. The fourth-order valence-electron chi connectivity index (χ4n) is 2.60. The van der Waals surface area contributed by atoms with Crippen LogP contribution >= 0.6 is 0 Å². The van der Waals surface area contributed by atoms with Crippen LogP contribution in [0.25, 0.3) is 6.08 Å². The molecule has 0 spiro atoms. The van der Waals surface area contributed by atoms with Crippen LogP contribution in [0, 0.1) is 11.3 Å². The molecule has 7 nitrogen and oxygen atoms in total. The minimum Gasteiger partial charge on any atom is -0.423 e. The van der Waals surface area contributed by atoms with Crippen LogP contribution in [-0.4, -0.2) is 45.0 Å². The molecule has 0 radical (unpaired) electrons. The molecule has 3 rings (SSSR count). The minimum absolute atomic E-state index is 0.201. The summed E-state index contributed by atoms with van der Waals surface area (Å²) in [4.78, 5) is 12.1. The fourth-order valence-corrected chi connectivity index (χ4v) is 4.01. The summed E-state index contributed by atoms with van der Waals surface area (Å²) in [6, 6.07) is 14.4. The number of hydrogen-bond donors (Lipinski definition) is 0. The van der Waals surface area contributed by atoms with E-state index in [4.69, 9.17) is 14.7 Å². The van der Waals surface area contributed by atoms with Crippen LogP contribution in [-0.2, 0) is 19.6 Å². The van der Waals surface area contributed by atoms with E-state index in [1.165, 1.54) is 40.7 Å². The van der Waals surface area contributed by atoms with Gasteiger partial charge in [0.1, 0.15) is 5.75 Å². The van der Waals surface area contributed by atoms with Crippen molar-refractivity contribution in [3.8, 4) is 11.8 Å². The number of ether oxygens (including phenoxy) is 2. The van der Waals surface area contributed by atoms with Crippen molar-refractivity contribution in [1.29, 1.82) is 5.26 Å². The van der Waals surface area contributed by atoms with Crippen molar-refractivity contribution >= 4 is 22.1 Å². The van der Waals surface area contributed by atoms with Gasteiger partial charge in [-0.05, 0) is 48.0 Å². The maximum atomic E-state index is 12.6. The number of esters is 1. The summed E-state index contributed by atoms with van der Waals surface area (Å²) in [5, 5.41) is 8.75. The van der Waals surface area contributed by atoms with E-state index >= 15 is 0 Å². The Balaban J connectivity index is 1.63. The first-order valence-corrected chi connectivity index (χ1v) is 10.0. The zero-order valence-corrected chi connectivity index (χ0v) is 15.8. The van der Waals surface area contributed by atoms with Crippen molar-refractivity contribution < 1.29 is 22.7 Å². The second-order valence-electron chi connectivity index (χ2n) is 5.98. The molecule has 1 fully saturated rings. The molecular formula is C20H18N2O5S. The minimum atomic E-state index is -3.54. The quantitative estimate of drug-likeness (QED) is 0.435. The zero-order chi connectivity index (χ0) is 20.0. The van der Waals surface area contributed by atoms with Crippen LogP contribution in [0.5, 0.6) is 5.75 Å². The molecule has 144 valence electrons. The maximum Gasteiger partial charge on any atom is 0.336 e. The number of hydrogen-bond acceptors (Lipinski definition) is 6. The Bertz CT molecular complexity index is 1000. The van der Waals surface area contributed by atoms with Gasteiger partial charge in [0, 0.05) is 19.2 Å². The summed E-state index contributed by atoms with van der Waals surface area (Å²) in [6.07, 6.45) is 2.79. The standard InChI is InChI=1S/C20H18N2O5S/c21-15-17-1-6-18(7-2-17)27-20(23)10-5-16-3-8-19(9-4-16)28(24,25)22-11-13-26-14-12-22/h1-10H,11-14H2/b10-5+. The molecule has 1 saturated heterocycles. The Labute approximate surface area is 163 Å². The molecule has 0 aromatic heterocycles. The molecule has 0 unspecified atom stereocenters. The van der Waals surface area contributed by atoms with Gasteiger partial charge < -0.3 is 9.47 Å². The van der Waals surface area contributed by atoms with Gasteiger partial charge in [0.15, 0.2) is 0 Å². The summed E-state index contributed by atoms with van der Waals surface area (Å²) in [6.45, 7) is 1.46. The van der Waals surface area contributed by atoms with Gasteiger partial charge >= 0.3 is 5.97 Å². The molecule has 0 saturated carbocycles. The molecule has 0 atom stereocenters. The Morgan fingerprint density at radius 1 is 1.07 bits per heavy atom. The van der Waals surface area contributed by atoms with Gasteiger partial charge in [0.05, 0.1) is 29.7 Å². The molecule has 28 heavy (non-hydrogen) atoms. The van der Waals surface area contributed by atoms with Gasteiger partial charge in [-0.25, -0.2) is 13.2 Å². The van der Waals surface area contributed by atoms with E-state index in [2.05, 4.69) is 0 Å². The van der Waals surface area contributed by atoms with E-state index in [9.17, 15) is 13.2 Å². The number of nitrogens with zero attached hydrogens (tertiary/aromatic N) is 2. The lowest BCUT2D eigenvalue weighted by Gasteiger charge is -2.26. The summed E-state index contributed by atoms with van der Waals surface area (Å²) < 4.78 is 36.9. The molecule has 0 aliphatic carbocycles. The number of carbonyl (C=O) groups excluding carboxylic acids is 1. The second kappa shape index (κ2) is 8.80. The van der Waals surface area contributed by atoms with E-state index in [1.807, 2.05) is 6.07 Å². The number of benzene rings is 2. The van der Waals surface area contributed by atoms with Gasteiger partial charge in [-0.3, -0.25) is 0 Å². The molecule has 0 bridgehead atoms. The highest BCUT2D eigenvalue weighted by Crippen LogP contribution is 2.18. The normalized spacial score (nSPS) is 15.2. The van der Waals surface area contributed by atoms with E-state index in [0.717, 1.165) is 0 Å². The van der Waals surface area contributed by atoms with Crippen LogP contribution in [0.2, 0.25) is 0 Å². The molecule has 2 aromatic carbocycles. The third kappa shape index (κ3) is 4.84. The van der Waals surface area contributed by atoms with Crippen LogP contribution in [0.3, 0.4) is 0 Å². The summed E-state index contributed by atoms with van der Waals surface area (Å²) in [7, 11) is -3.54. The second-order valence-corrected chi connectivity index (χ2v) is 7.91. The van der Waals surface area contributed by atoms with Crippen molar-refractivity contribution in [2.75, 3.05) is 26.3 Å². The van der Waals surface area contributed by atoms with Crippen LogP contribution in [0.1, 0.15) is 11.1 Å². The lowest BCUT2D eigenvalue weighted by molar-refractivity contribution is -0.128. The van der Waals surface area contributed by atoms with E-state index in [-0.39, 0.29) is 4.90 Å². The molecule has 0 N–H and O–H groups in total. The van der Waals surface area contributed by atoms with Crippen molar-refractivity contribution in [2.45, 2.75) is 4.90 Å². The Hall–Kier alpha value is -2.99. The lowest BCUT2D eigenvalue weighted by Crippen LogP contribution is -2.40. The predicted molar refractivity (Wildman–Crippen MR) is 102 cm³/mol. The fraction of sp³-hybridized carbons (Fsp3) is 0.200. The third-order valence-corrected chi connectivity index (χ3v) is 6.01. The number of carbonyl (C=O) groups is 1. The van der Waals surface area contributed by atoms with Gasteiger partial charge in [-0.15, -0.1) is 0 Å².